The first-order valence-corrected chi connectivity index (χ1v) is 6.09. The van der Waals surface area contributed by atoms with Gasteiger partial charge in [0.2, 0.25) is 0 Å². The van der Waals surface area contributed by atoms with Crippen molar-refractivity contribution >= 4 is 5.78 Å². The van der Waals surface area contributed by atoms with E-state index in [1.807, 2.05) is 0 Å². The van der Waals surface area contributed by atoms with Crippen LogP contribution >= 0.6 is 0 Å². The number of aliphatic hydroxyl groups excluding tert-OH is 1. The number of hydrogen-bond donors (Lipinski definition) is 2. The first-order valence-electron chi connectivity index (χ1n) is 6.09. The summed E-state index contributed by atoms with van der Waals surface area (Å²) in [5, 5.41) is 19.2. The highest BCUT2D eigenvalue weighted by Crippen LogP contribution is 2.42. The van der Waals surface area contributed by atoms with Crippen LogP contribution in [-0.2, 0) is 4.79 Å². The predicted octanol–water partition coefficient (Wildman–Crippen LogP) is 1.44. The third-order valence-electron chi connectivity index (χ3n) is 4.16. The van der Waals surface area contributed by atoms with E-state index in [1.54, 1.807) is 13.0 Å². The maximum atomic E-state index is 11.3. The zero-order valence-corrected chi connectivity index (χ0v) is 9.78. The maximum absolute atomic E-state index is 11.3. The van der Waals surface area contributed by atoms with E-state index in [0.717, 1.165) is 25.7 Å². The Balaban J connectivity index is 2.07. The van der Waals surface area contributed by atoms with Crippen molar-refractivity contribution in [2.45, 2.75) is 44.6 Å². The van der Waals surface area contributed by atoms with Gasteiger partial charge in [-0.25, -0.2) is 0 Å². The monoisotopic (exact) mass is 224 g/mol. The van der Waals surface area contributed by atoms with Gasteiger partial charge in [-0.15, -0.1) is 0 Å². The molecule has 90 valence electrons. The minimum absolute atomic E-state index is 0.160. The summed E-state index contributed by atoms with van der Waals surface area (Å²) in [5.74, 6) is 0.862. The molecule has 0 amide bonds. The number of fused-ring (bicyclic) bond motifs is 1. The first kappa shape index (κ1) is 11.8. The van der Waals surface area contributed by atoms with Gasteiger partial charge in [0.25, 0.3) is 0 Å². The Kier molecular flexibility index (Phi) is 3.17. The highest BCUT2D eigenvalue weighted by atomic mass is 16.3. The lowest BCUT2D eigenvalue weighted by molar-refractivity contribution is -0.115. The fourth-order valence-corrected chi connectivity index (χ4v) is 2.94. The summed E-state index contributed by atoms with van der Waals surface area (Å²) in [5.41, 5.74) is 0.300. The number of hydrogen-bond acceptors (Lipinski definition) is 3. The van der Waals surface area contributed by atoms with Gasteiger partial charge in [-0.1, -0.05) is 5.57 Å². The lowest BCUT2D eigenvalue weighted by Gasteiger charge is -2.40. The van der Waals surface area contributed by atoms with Gasteiger partial charge in [0.1, 0.15) is 0 Å². The van der Waals surface area contributed by atoms with Crippen LogP contribution in [0.1, 0.15) is 39.0 Å². The van der Waals surface area contributed by atoms with Gasteiger partial charge in [-0.3, -0.25) is 4.79 Å². The zero-order valence-electron chi connectivity index (χ0n) is 9.78. The molecule has 0 aromatic carbocycles. The zero-order chi connectivity index (χ0) is 11.8. The first-order chi connectivity index (χ1) is 7.53. The summed E-state index contributed by atoms with van der Waals surface area (Å²) in [6.07, 6.45) is 6.05. The molecule has 3 nitrogen and oxygen atoms in total. The van der Waals surface area contributed by atoms with Crippen molar-refractivity contribution in [2.75, 3.05) is 6.61 Å². The second-order valence-electron chi connectivity index (χ2n) is 5.41. The lowest BCUT2D eigenvalue weighted by atomic mass is 9.68. The molecule has 2 rings (SSSR count). The highest BCUT2D eigenvalue weighted by molar-refractivity contribution is 5.91. The van der Waals surface area contributed by atoms with Gasteiger partial charge in [0.05, 0.1) is 12.2 Å². The third-order valence-corrected chi connectivity index (χ3v) is 4.16. The lowest BCUT2D eigenvalue weighted by Crippen LogP contribution is -2.41. The van der Waals surface area contributed by atoms with Crippen molar-refractivity contribution in [3.63, 3.8) is 0 Å². The van der Waals surface area contributed by atoms with E-state index in [-0.39, 0.29) is 18.3 Å². The van der Waals surface area contributed by atoms with Crippen LogP contribution in [0, 0.1) is 11.8 Å². The molecule has 0 saturated heterocycles. The van der Waals surface area contributed by atoms with Crippen molar-refractivity contribution in [2.24, 2.45) is 11.8 Å². The Labute approximate surface area is 96.2 Å². The molecular formula is C13H20O3. The van der Waals surface area contributed by atoms with E-state index in [1.165, 1.54) is 5.57 Å². The molecule has 2 unspecified atom stereocenters. The summed E-state index contributed by atoms with van der Waals surface area (Å²) in [4.78, 5) is 11.3. The molecule has 0 aromatic rings. The Morgan fingerprint density at radius 3 is 2.88 bits per heavy atom. The van der Waals surface area contributed by atoms with Gasteiger partial charge in [0, 0.05) is 6.42 Å². The van der Waals surface area contributed by atoms with Crippen LogP contribution in [0.25, 0.3) is 0 Å². The van der Waals surface area contributed by atoms with E-state index in [9.17, 15) is 9.90 Å². The molecule has 2 aliphatic rings. The average Bonchev–Trinajstić information content (AvgIpc) is 2.28. The topological polar surface area (TPSA) is 57.5 Å². The second kappa shape index (κ2) is 4.30. The van der Waals surface area contributed by atoms with Gasteiger partial charge in [0.15, 0.2) is 5.78 Å². The summed E-state index contributed by atoms with van der Waals surface area (Å²) in [6, 6.07) is 0. The molecule has 0 bridgehead atoms. The maximum Gasteiger partial charge on any atom is 0.155 e. The number of carbonyl (C=O) groups excluding carboxylic acids is 1. The number of ketones is 1. The number of carbonyl (C=O) groups is 1. The van der Waals surface area contributed by atoms with Crippen LogP contribution in [0.2, 0.25) is 0 Å². The Morgan fingerprint density at radius 2 is 2.19 bits per heavy atom. The summed E-state index contributed by atoms with van der Waals surface area (Å²) in [7, 11) is 0. The minimum Gasteiger partial charge on any atom is -0.393 e. The average molecular weight is 224 g/mol. The van der Waals surface area contributed by atoms with E-state index < -0.39 is 5.60 Å². The van der Waals surface area contributed by atoms with Crippen LogP contribution in [0.5, 0.6) is 0 Å². The van der Waals surface area contributed by atoms with E-state index >= 15 is 0 Å². The van der Waals surface area contributed by atoms with Gasteiger partial charge < -0.3 is 10.2 Å². The van der Waals surface area contributed by atoms with E-state index in [2.05, 4.69) is 0 Å². The molecule has 2 aliphatic carbocycles. The van der Waals surface area contributed by atoms with Crippen LogP contribution in [0.3, 0.4) is 0 Å². The molecule has 2 N–H and O–H groups in total. The molecule has 3 heteroatoms. The Bertz CT molecular complexity index is 317. The van der Waals surface area contributed by atoms with Crippen LogP contribution in [0.15, 0.2) is 11.6 Å². The van der Waals surface area contributed by atoms with E-state index in [4.69, 9.17) is 5.11 Å². The quantitative estimate of drug-likeness (QED) is 0.746. The highest BCUT2D eigenvalue weighted by Gasteiger charge is 2.38. The molecular weight excluding hydrogens is 204 g/mol. The minimum atomic E-state index is -0.965. The Hall–Kier alpha value is -0.670. The molecule has 0 heterocycles. The fourth-order valence-electron chi connectivity index (χ4n) is 2.94. The van der Waals surface area contributed by atoms with Crippen molar-refractivity contribution in [1.82, 2.24) is 0 Å². The van der Waals surface area contributed by atoms with E-state index in [0.29, 0.717) is 12.3 Å². The molecule has 0 aliphatic heterocycles. The van der Waals surface area contributed by atoms with Gasteiger partial charge in [-0.2, -0.15) is 0 Å². The molecule has 0 radical (unpaired) electrons. The van der Waals surface area contributed by atoms with Crippen molar-refractivity contribution in [1.29, 1.82) is 0 Å². The van der Waals surface area contributed by atoms with Crippen LogP contribution in [0.4, 0.5) is 0 Å². The number of rotatable bonds is 2. The molecule has 16 heavy (non-hydrogen) atoms. The Morgan fingerprint density at radius 1 is 1.44 bits per heavy atom. The molecule has 1 fully saturated rings. The third kappa shape index (κ3) is 2.20. The summed E-state index contributed by atoms with van der Waals surface area (Å²) >= 11 is 0. The molecule has 1 saturated carbocycles. The van der Waals surface area contributed by atoms with Crippen molar-refractivity contribution in [3.8, 4) is 0 Å². The van der Waals surface area contributed by atoms with Crippen LogP contribution in [-0.4, -0.2) is 28.2 Å². The largest absolute Gasteiger partial charge is 0.393 e. The standard InChI is InChI=1S/C13H20O3/c1-13(16,8-14)11-4-2-10-7-12(15)5-3-9(10)6-11/h7,9,11,14,16H,2-6,8H2,1H3/t9?,11-,13?/m1/s1. The smallest absolute Gasteiger partial charge is 0.155 e. The summed E-state index contributed by atoms with van der Waals surface area (Å²) < 4.78 is 0. The van der Waals surface area contributed by atoms with Gasteiger partial charge >= 0.3 is 0 Å². The van der Waals surface area contributed by atoms with Crippen LogP contribution < -0.4 is 0 Å². The van der Waals surface area contributed by atoms with Crippen molar-refractivity contribution < 1.29 is 15.0 Å². The SMILES string of the molecule is CC(O)(CO)[C@@H]1CCC2=CC(=O)CCC2C1. The van der Waals surface area contributed by atoms with Gasteiger partial charge in [-0.05, 0) is 50.5 Å². The molecule has 0 spiro atoms. The summed E-state index contributed by atoms with van der Waals surface area (Å²) in [6.45, 7) is 1.53. The normalized spacial score (nSPS) is 33.9. The predicted molar refractivity (Wildman–Crippen MR) is 60.9 cm³/mol. The number of aliphatic hydroxyl groups is 2. The van der Waals surface area contributed by atoms with Crippen molar-refractivity contribution in [3.05, 3.63) is 11.6 Å². The molecule has 0 aromatic heterocycles. The number of allylic oxidation sites excluding steroid dienone is 2. The molecule has 3 atom stereocenters. The fraction of sp³-hybridized carbons (Fsp3) is 0.769. The second-order valence-corrected chi connectivity index (χ2v) is 5.41.